The first-order valence-corrected chi connectivity index (χ1v) is 5.67. The van der Waals surface area contributed by atoms with Crippen molar-refractivity contribution in [1.82, 2.24) is 5.32 Å². The molecule has 2 atom stereocenters. The number of hydrogen-bond donors (Lipinski definition) is 2. The van der Waals surface area contributed by atoms with E-state index in [0.29, 0.717) is 13.1 Å². The lowest BCUT2D eigenvalue weighted by Gasteiger charge is -2.15. The minimum Gasteiger partial charge on any atom is -0.481 e. The fourth-order valence-corrected chi connectivity index (χ4v) is 2.61. The van der Waals surface area contributed by atoms with Crippen LogP contribution in [-0.2, 0) is 4.79 Å². The van der Waals surface area contributed by atoms with Gasteiger partial charge in [-0.25, -0.2) is 0 Å². The van der Waals surface area contributed by atoms with E-state index < -0.39 is 5.97 Å². The Kier molecular flexibility index (Phi) is 2.37. The maximum Gasteiger partial charge on any atom is 0.308 e. The number of hydrogen-bond acceptors (Lipinski definition) is 3. The smallest absolute Gasteiger partial charge is 0.308 e. The maximum atomic E-state index is 11.2. The van der Waals surface area contributed by atoms with Crippen LogP contribution in [0.15, 0.2) is 34.9 Å². The zero-order valence-corrected chi connectivity index (χ0v) is 9.22. The van der Waals surface area contributed by atoms with Gasteiger partial charge < -0.3 is 14.8 Å². The molecule has 88 valence electrons. The summed E-state index contributed by atoms with van der Waals surface area (Å²) >= 11 is 0. The molecule has 1 aliphatic heterocycles. The summed E-state index contributed by atoms with van der Waals surface area (Å²) in [4.78, 5) is 11.2. The van der Waals surface area contributed by atoms with E-state index >= 15 is 0 Å². The van der Waals surface area contributed by atoms with Gasteiger partial charge in [-0.15, -0.1) is 0 Å². The third-order valence-electron chi connectivity index (χ3n) is 3.46. The minimum absolute atomic E-state index is 0.0220. The van der Waals surface area contributed by atoms with Crippen LogP contribution in [0.1, 0.15) is 11.5 Å². The molecule has 0 aliphatic carbocycles. The molecule has 0 radical (unpaired) electrons. The van der Waals surface area contributed by atoms with Crippen molar-refractivity contribution < 1.29 is 14.3 Å². The van der Waals surface area contributed by atoms with E-state index in [2.05, 4.69) is 5.32 Å². The molecule has 1 aromatic carbocycles. The predicted molar refractivity (Wildman–Crippen MR) is 63.0 cm³/mol. The molecular weight excluding hydrogens is 218 g/mol. The molecule has 1 saturated heterocycles. The second kappa shape index (κ2) is 3.89. The van der Waals surface area contributed by atoms with Gasteiger partial charge in [0.05, 0.1) is 12.2 Å². The van der Waals surface area contributed by atoms with Gasteiger partial charge in [-0.05, 0) is 17.7 Å². The van der Waals surface area contributed by atoms with E-state index in [9.17, 15) is 9.90 Å². The van der Waals surface area contributed by atoms with Crippen LogP contribution in [0.5, 0.6) is 0 Å². The van der Waals surface area contributed by atoms with Gasteiger partial charge >= 0.3 is 5.97 Å². The molecule has 0 bridgehead atoms. The zero-order valence-electron chi connectivity index (χ0n) is 9.22. The standard InChI is InChI=1S/C13H13NO3/c15-13(16)11-7-14-6-10(11)8-2-1-3-12-9(8)4-5-17-12/h1-5,10-11,14H,6-7H2,(H,15,16). The molecular formula is C13H13NO3. The van der Waals surface area contributed by atoms with E-state index in [0.717, 1.165) is 16.5 Å². The lowest BCUT2D eigenvalue weighted by atomic mass is 9.87. The molecule has 17 heavy (non-hydrogen) atoms. The fraction of sp³-hybridized carbons (Fsp3) is 0.308. The molecule has 0 amide bonds. The zero-order chi connectivity index (χ0) is 11.8. The van der Waals surface area contributed by atoms with Crippen molar-refractivity contribution in [3.05, 3.63) is 36.1 Å². The van der Waals surface area contributed by atoms with Crippen LogP contribution in [0.3, 0.4) is 0 Å². The molecule has 1 aromatic heterocycles. The van der Waals surface area contributed by atoms with Crippen molar-refractivity contribution >= 4 is 16.9 Å². The molecule has 1 fully saturated rings. The summed E-state index contributed by atoms with van der Waals surface area (Å²) in [6.07, 6.45) is 1.65. The third-order valence-corrected chi connectivity index (χ3v) is 3.46. The molecule has 3 rings (SSSR count). The number of carbonyl (C=O) groups is 1. The molecule has 2 heterocycles. The van der Waals surface area contributed by atoms with Gasteiger partial charge in [-0.2, -0.15) is 0 Å². The highest BCUT2D eigenvalue weighted by atomic mass is 16.4. The summed E-state index contributed by atoms with van der Waals surface area (Å²) in [6.45, 7) is 1.25. The molecule has 2 N–H and O–H groups in total. The number of carboxylic acid groups (broad SMARTS) is 1. The van der Waals surface area contributed by atoms with Gasteiger partial charge in [0.2, 0.25) is 0 Å². The van der Waals surface area contributed by atoms with Gasteiger partial charge in [-0.3, -0.25) is 4.79 Å². The first kappa shape index (κ1) is 10.4. The van der Waals surface area contributed by atoms with Crippen molar-refractivity contribution in [3.8, 4) is 0 Å². The predicted octanol–water partition coefficient (Wildman–Crippen LogP) is 1.82. The Morgan fingerprint density at radius 1 is 1.35 bits per heavy atom. The molecule has 2 aromatic rings. The lowest BCUT2D eigenvalue weighted by molar-refractivity contribution is -0.141. The molecule has 4 nitrogen and oxygen atoms in total. The van der Waals surface area contributed by atoms with Crippen LogP contribution in [0, 0.1) is 5.92 Å². The minimum atomic E-state index is -0.736. The fourth-order valence-electron chi connectivity index (χ4n) is 2.61. The van der Waals surface area contributed by atoms with Crippen LogP contribution in [0.2, 0.25) is 0 Å². The van der Waals surface area contributed by atoms with E-state index in [-0.39, 0.29) is 11.8 Å². The van der Waals surface area contributed by atoms with E-state index in [4.69, 9.17) is 4.42 Å². The monoisotopic (exact) mass is 231 g/mol. The van der Waals surface area contributed by atoms with Crippen molar-refractivity contribution in [2.45, 2.75) is 5.92 Å². The summed E-state index contributed by atoms with van der Waals surface area (Å²) < 4.78 is 5.35. The summed E-state index contributed by atoms with van der Waals surface area (Å²) in [5.41, 5.74) is 1.88. The van der Waals surface area contributed by atoms with Gasteiger partial charge in [0.15, 0.2) is 0 Å². The molecule has 4 heteroatoms. The average Bonchev–Trinajstić information content (AvgIpc) is 2.97. The van der Waals surface area contributed by atoms with Crippen LogP contribution < -0.4 is 5.32 Å². The van der Waals surface area contributed by atoms with Crippen LogP contribution in [0.25, 0.3) is 11.0 Å². The maximum absolute atomic E-state index is 11.2. The Bertz CT molecular complexity index is 561. The van der Waals surface area contributed by atoms with Crippen LogP contribution in [-0.4, -0.2) is 24.2 Å². The van der Waals surface area contributed by atoms with Gasteiger partial charge in [0.1, 0.15) is 5.58 Å². The number of fused-ring (bicyclic) bond motifs is 1. The molecule has 1 aliphatic rings. The second-order valence-corrected chi connectivity index (χ2v) is 4.39. The largest absolute Gasteiger partial charge is 0.481 e. The van der Waals surface area contributed by atoms with Crippen molar-refractivity contribution in [2.75, 3.05) is 13.1 Å². The van der Waals surface area contributed by atoms with Crippen molar-refractivity contribution in [1.29, 1.82) is 0 Å². The average molecular weight is 231 g/mol. The van der Waals surface area contributed by atoms with Gasteiger partial charge in [0.25, 0.3) is 0 Å². The highest BCUT2D eigenvalue weighted by Crippen LogP contribution is 2.33. The highest BCUT2D eigenvalue weighted by molar-refractivity contribution is 5.83. The summed E-state index contributed by atoms with van der Waals surface area (Å²) in [5, 5.41) is 13.4. The first-order valence-electron chi connectivity index (χ1n) is 5.67. The van der Waals surface area contributed by atoms with Gasteiger partial charge in [0, 0.05) is 24.4 Å². The van der Waals surface area contributed by atoms with E-state index in [1.54, 1.807) is 6.26 Å². The molecule has 0 spiro atoms. The Labute approximate surface area is 98.2 Å². The summed E-state index contributed by atoms with van der Waals surface area (Å²) in [7, 11) is 0. The molecule has 2 unspecified atom stereocenters. The number of aliphatic carboxylic acids is 1. The van der Waals surface area contributed by atoms with Crippen LogP contribution >= 0.6 is 0 Å². The number of carboxylic acids is 1. The summed E-state index contributed by atoms with van der Waals surface area (Å²) in [5.74, 6) is -1.07. The second-order valence-electron chi connectivity index (χ2n) is 4.39. The van der Waals surface area contributed by atoms with Crippen molar-refractivity contribution in [2.24, 2.45) is 5.92 Å². The Morgan fingerprint density at radius 2 is 2.24 bits per heavy atom. The SMILES string of the molecule is O=C(O)C1CNCC1c1cccc2occc12. The Hall–Kier alpha value is -1.81. The quantitative estimate of drug-likeness (QED) is 0.827. The van der Waals surface area contributed by atoms with Crippen molar-refractivity contribution in [3.63, 3.8) is 0 Å². The van der Waals surface area contributed by atoms with Crippen LogP contribution in [0.4, 0.5) is 0 Å². The number of furan rings is 1. The summed E-state index contributed by atoms with van der Waals surface area (Å²) in [6, 6.07) is 7.71. The molecule has 0 saturated carbocycles. The topological polar surface area (TPSA) is 62.5 Å². The van der Waals surface area contributed by atoms with E-state index in [1.165, 1.54) is 0 Å². The van der Waals surface area contributed by atoms with E-state index in [1.807, 2.05) is 24.3 Å². The number of benzene rings is 1. The van der Waals surface area contributed by atoms with Gasteiger partial charge in [-0.1, -0.05) is 12.1 Å². The normalized spacial score (nSPS) is 24.2. The third kappa shape index (κ3) is 1.61. The number of rotatable bonds is 2. The first-order chi connectivity index (χ1) is 8.27. The Morgan fingerprint density at radius 3 is 3.06 bits per heavy atom. The number of nitrogens with one attached hydrogen (secondary N) is 1. The lowest BCUT2D eigenvalue weighted by Crippen LogP contribution is -2.21. The Balaban J connectivity index is 2.08. The highest BCUT2D eigenvalue weighted by Gasteiger charge is 2.34.